The van der Waals surface area contributed by atoms with Crippen LogP contribution in [0, 0.1) is 5.41 Å². The van der Waals surface area contributed by atoms with E-state index in [1.165, 1.54) is 0 Å². The van der Waals surface area contributed by atoms with Crippen molar-refractivity contribution in [2.75, 3.05) is 18.4 Å². The third-order valence-electron chi connectivity index (χ3n) is 7.13. The molecule has 1 saturated carbocycles. The Labute approximate surface area is 200 Å². The lowest BCUT2D eigenvalue weighted by molar-refractivity contribution is -0.143. The molecular formula is C24H31F6N3O2. The minimum Gasteiger partial charge on any atom is -0.343 e. The molecule has 3 rings (SSSR count). The molecule has 5 nitrogen and oxygen atoms in total. The van der Waals surface area contributed by atoms with E-state index >= 15 is 0 Å². The van der Waals surface area contributed by atoms with Crippen molar-refractivity contribution in [1.82, 2.24) is 4.90 Å². The first-order valence-electron chi connectivity index (χ1n) is 11.7. The first kappa shape index (κ1) is 27.3. The summed E-state index contributed by atoms with van der Waals surface area (Å²) in [7, 11) is 0. The van der Waals surface area contributed by atoms with Crippen LogP contribution >= 0.6 is 0 Å². The first-order valence-corrected chi connectivity index (χ1v) is 11.7. The number of benzene rings is 1. The van der Waals surface area contributed by atoms with E-state index in [9.17, 15) is 35.9 Å². The van der Waals surface area contributed by atoms with Crippen molar-refractivity contribution >= 4 is 17.5 Å². The number of likely N-dealkylation sites (tertiary alicyclic amines) is 1. The molecule has 1 heterocycles. The zero-order valence-corrected chi connectivity index (χ0v) is 19.6. The molecule has 0 bridgehead atoms. The zero-order valence-electron chi connectivity index (χ0n) is 19.6. The summed E-state index contributed by atoms with van der Waals surface area (Å²) in [6, 6.07) is 0.998. The lowest BCUT2D eigenvalue weighted by Gasteiger charge is -2.41. The second kappa shape index (κ2) is 9.99. The summed E-state index contributed by atoms with van der Waals surface area (Å²) in [5, 5.41) is 2.20. The summed E-state index contributed by atoms with van der Waals surface area (Å²) < 4.78 is 78.4. The van der Waals surface area contributed by atoms with Crippen LogP contribution in [0.2, 0.25) is 0 Å². The predicted molar refractivity (Wildman–Crippen MR) is 118 cm³/mol. The molecule has 196 valence electrons. The van der Waals surface area contributed by atoms with Gasteiger partial charge < -0.3 is 16.0 Å². The average molecular weight is 508 g/mol. The number of hydrogen-bond donors (Lipinski definition) is 2. The minimum absolute atomic E-state index is 0.0164. The molecule has 2 aliphatic rings. The van der Waals surface area contributed by atoms with Gasteiger partial charge in [0.1, 0.15) is 0 Å². The molecule has 0 atom stereocenters. The van der Waals surface area contributed by atoms with Crippen LogP contribution < -0.4 is 11.1 Å². The lowest BCUT2D eigenvalue weighted by Crippen LogP contribution is -2.49. The van der Waals surface area contributed by atoms with E-state index in [0.29, 0.717) is 38.1 Å². The highest BCUT2D eigenvalue weighted by Gasteiger charge is 2.39. The monoisotopic (exact) mass is 507 g/mol. The predicted octanol–water partition coefficient (Wildman–Crippen LogP) is 5.73. The Morgan fingerprint density at radius 3 is 1.89 bits per heavy atom. The van der Waals surface area contributed by atoms with E-state index in [4.69, 9.17) is 5.73 Å². The fraction of sp³-hybridized carbons (Fsp3) is 0.667. The molecule has 1 aromatic carbocycles. The van der Waals surface area contributed by atoms with Crippen LogP contribution in [-0.4, -0.2) is 35.3 Å². The van der Waals surface area contributed by atoms with Gasteiger partial charge in [-0.1, -0.05) is 26.2 Å². The smallest absolute Gasteiger partial charge is 0.343 e. The number of nitrogens with one attached hydrogen (secondary N) is 1. The molecule has 1 aromatic rings. The highest BCUT2D eigenvalue weighted by atomic mass is 19.4. The molecule has 0 radical (unpaired) electrons. The maximum atomic E-state index is 13.1. The molecule has 0 unspecified atom stereocenters. The highest BCUT2D eigenvalue weighted by molar-refractivity contribution is 5.91. The van der Waals surface area contributed by atoms with Gasteiger partial charge in [0.25, 0.3) is 0 Å². The molecule has 3 N–H and O–H groups in total. The molecular weight excluding hydrogens is 476 g/mol. The fourth-order valence-corrected chi connectivity index (χ4v) is 4.94. The maximum Gasteiger partial charge on any atom is 0.416 e. The van der Waals surface area contributed by atoms with Gasteiger partial charge in [0.2, 0.25) is 11.8 Å². The summed E-state index contributed by atoms with van der Waals surface area (Å²) >= 11 is 0. The number of amides is 2. The van der Waals surface area contributed by atoms with Gasteiger partial charge in [-0.05, 0) is 49.3 Å². The molecule has 1 aliphatic heterocycles. The van der Waals surface area contributed by atoms with E-state index in [0.717, 1.165) is 32.1 Å². The van der Waals surface area contributed by atoms with Crippen molar-refractivity contribution in [2.45, 2.75) is 82.6 Å². The van der Waals surface area contributed by atoms with Crippen LogP contribution in [0.15, 0.2) is 18.2 Å². The number of piperidine rings is 1. The third-order valence-corrected chi connectivity index (χ3v) is 7.13. The van der Waals surface area contributed by atoms with Gasteiger partial charge in [0.15, 0.2) is 0 Å². The Morgan fingerprint density at radius 1 is 0.886 bits per heavy atom. The number of halogens is 6. The van der Waals surface area contributed by atoms with Gasteiger partial charge in [0, 0.05) is 37.2 Å². The Kier molecular flexibility index (Phi) is 7.79. The molecule has 0 spiro atoms. The molecule has 11 heteroatoms. The van der Waals surface area contributed by atoms with E-state index in [1.54, 1.807) is 4.90 Å². The van der Waals surface area contributed by atoms with Gasteiger partial charge in [0.05, 0.1) is 11.1 Å². The number of carbonyl (C=O) groups is 2. The summed E-state index contributed by atoms with van der Waals surface area (Å²) in [4.78, 5) is 27.0. The number of carbonyl (C=O) groups excluding carboxylic acids is 2. The number of alkyl halides is 6. The Hall–Kier alpha value is -2.30. The van der Waals surface area contributed by atoms with Crippen molar-refractivity contribution in [1.29, 1.82) is 0 Å². The minimum atomic E-state index is -4.99. The standard InChI is InChI=1S/C24H31F6N3O2/c1-21(7-9-33(10-8-21)20(35)15-22(31)5-3-2-4-6-22)14-19(34)32-18-12-16(23(25,26)27)11-17(13-18)24(28,29)30/h11-13H,2-10,14-15,31H2,1H3,(H,32,34). The Balaban J connectivity index is 1.59. The van der Waals surface area contributed by atoms with Crippen LogP contribution in [-0.2, 0) is 21.9 Å². The van der Waals surface area contributed by atoms with Crippen molar-refractivity contribution in [3.05, 3.63) is 29.3 Å². The van der Waals surface area contributed by atoms with E-state index in [1.807, 2.05) is 6.92 Å². The van der Waals surface area contributed by atoms with Crippen LogP contribution in [0.4, 0.5) is 32.0 Å². The quantitative estimate of drug-likeness (QED) is 0.500. The molecule has 1 aliphatic carbocycles. The molecule has 2 amide bonds. The second-order valence-corrected chi connectivity index (χ2v) is 10.3. The fourth-order valence-electron chi connectivity index (χ4n) is 4.94. The summed E-state index contributed by atoms with van der Waals surface area (Å²) in [5.74, 6) is -0.701. The van der Waals surface area contributed by atoms with Crippen LogP contribution in [0.25, 0.3) is 0 Å². The van der Waals surface area contributed by atoms with Crippen LogP contribution in [0.1, 0.15) is 75.8 Å². The SMILES string of the molecule is CC1(CC(=O)Nc2cc(C(F)(F)F)cc(C(F)(F)F)c2)CCN(C(=O)CC2(N)CCCCC2)CC1. The van der Waals surface area contributed by atoms with E-state index in [-0.39, 0.29) is 24.8 Å². The van der Waals surface area contributed by atoms with Gasteiger partial charge in [-0.3, -0.25) is 9.59 Å². The average Bonchev–Trinajstić information content (AvgIpc) is 2.72. The summed E-state index contributed by atoms with van der Waals surface area (Å²) in [6.45, 7) is 2.66. The van der Waals surface area contributed by atoms with Crippen molar-refractivity contribution in [2.24, 2.45) is 11.1 Å². The maximum absolute atomic E-state index is 13.1. The molecule has 35 heavy (non-hydrogen) atoms. The molecule has 2 fully saturated rings. The van der Waals surface area contributed by atoms with E-state index in [2.05, 4.69) is 5.32 Å². The summed E-state index contributed by atoms with van der Waals surface area (Å²) in [6.07, 6.45) is -4.06. The normalized spacial score (nSPS) is 20.4. The number of hydrogen-bond acceptors (Lipinski definition) is 3. The van der Waals surface area contributed by atoms with Crippen molar-refractivity contribution in [3.8, 4) is 0 Å². The van der Waals surface area contributed by atoms with Crippen molar-refractivity contribution < 1.29 is 35.9 Å². The van der Waals surface area contributed by atoms with Crippen LogP contribution in [0.5, 0.6) is 0 Å². The number of nitrogens with zero attached hydrogens (tertiary/aromatic N) is 1. The van der Waals surface area contributed by atoms with Gasteiger partial charge in [-0.2, -0.15) is 26.3 Å². The zero-order chi connectivity index (χ0) is 26.1. The largest absolute Gasteiger partial charge is 0.416 e. The Morgan fingerprint density at radius 2 is 1.40 bits per heavy atom. The highest BCUT2D eigenvalue weighted by Crippen LogP contribution is 2.39. The number of rotatable bonds is 5. The van der Waals surface area contributed by atoms with Crippen LogP contribution in [0.3, 0.4) is 0 Å². The van der Waals surface area contributed by atoms with E-state index < -0.39 is 46.0 Å². The van der Waals surface area contributed by atoms with Gasteiger partial charge in [-0.15, -0.1) is 0 Å². The van der Waals surface area contributed by atoms with Crippen molar-refractivity contribution in [3.63, 3.8) is 0 Å². The summed E-state index contributed by atoms with van der Waals surface area (Å²) in [5.41, 5.74) is 1.84. The third kappa shape index (κ3) is 7.35. The topological polar surface area (TPSA) is 75.4 Å². The van der Waals surface area contributed by atoms with Gasteiger partial charge in [-0.25, -0.2) is 0 Å². The first-order chi connectivity index (χ1) is 16.1. The lowest BCUT2D eigenvalue weighted by atomic mass is 9.76. The Bertz CT molecular complexity index is 898. The van der Waals surface area contributed by atoms with Gasteiger partial charge >= 0.3 is 12.4 Å². The second-order valence-electron chi connectivity index (χ2n) is 10.3. The number of anilines is 1. The number of nitrogens with two attached hydrogens (primary N) is 1. The molecule has 0 aromatic heterocycles. The molecule has 1 saturated heterocycles.